The Kier molecular flexibility index (Phi) is 4.91. The highest BCUT2D eigenvalue weighted by Gasteiger charge is 2.34. The van der Waals surface area contributed by atoms with Crippen LogP contribution in [0.25, 0.3) is 0 Å². The Labute approximate surface area is 110 Å². The quantitative estimate of drug-likeness (QED) is 0.726. The van der Waals surface area contributed by atoms with Crippen LogP contribution >= 0.6 is 0 Å². The van der Waals surface area contributed by atoms with Crippen LogP contribution in [0.1, 0.15) is 37.6 Å². The largest absolute Gasteiger partial charge is 0.494 e. The summed E-state index contributed by atoms with van der Waals surface area (Å²) in [4.78, 5) is 14.5. The molecule has 1 atom stereocenters. The zero-order valence-electron chi connectivity index (χ0n) is 12.0. The third-order valence-electron chi connectivity index (χ3n) is 3.59. The first-order valence-corrected chi connectivity index (χ1v) is 6.40. The van der Waals surface area contributed by atoms with Crippen molar-refractivity contribution in [1.82, 2.24) is 4.90 Å². The monoisotopic (exact) mass is 249 g/mol. The first-order chi connectivity index (χ1) is 8.45. The molecule has 1 unspecified atom stereocenters. The molecule has 3 heteroatoms. The molecule has 0 aliphatic carbocycles. The maximum Gasteiger partial charge on any atom is 0.182 e. The van der Waals surface area contributed by atoms with E-state index in [9.17, 15) is 4.79 Å². The number of rotatable bonds is 6. The molecular weight excluding hydrogens is 226 g/mol. The molecule has 18 heavy (non-hydrogen) atoms. The van der Waals surface area contributed by atoms with Crippen LogP contribution < -0.4 is 4.74 Å². The Morgan fingerprint density at radius 3 is 2.17 bits per heavy atom. The van der Waals surface area contributed by atoms with Crippen LogP contribution in [-0.2, 0) is 0 Å². The van der Waals surface area contributed by atoms with Crippen LogP contribution in [0, 0.1) is 0 Å². The molecule has 1 rings (SSSR count). The summed E-state index contributed by atoms with van der Waals surface area (Å²) in [5.41, 5.74) is 0.282. The molecule has 0 aliphatic rings. The summed E-state index contributed by atoms with van der Waals surface area (Å²) in [6, 6.07) is 7.38. The van der Waals surface area contributed by atoms with E-state index in [2.05, 4.69) is 0 Å². The van der Waals surface area contributed by atoms with Gasteiger partial charge < -0.3 is 4.74 Å². The standard InChI is InChI=1S/C15H23NO2/c1-6-15(3,16(4)5)14(17)12-8-10-13(11-9-12)18-7-2/h8-11H,6-7H2,1-5H3. The van der Waals surface area contributed by atoms with Gasteiger partial charge in [0.1, 0.15) is 5.75 Å². The van der Waals surface area contributed by atoms with Crippen molar-refractivity contribution in [3.8, 4) is 5.75 Å². The summed E-state index contributed by atoms with van der Waals surface area (Å²) < 4.78 is 5.38. The summed E-state index contributed by atoms with van der Waals surface area (Å²) in [6.07, 6.45) is 0.784. The van der Waals surface area contributed by atoms with E-state index in [-0.39, 0.29) is 5.78 Å². The smallest absolute Gasteiger partial charge is 0.182 e. The highest BCUT2D eigenvalue weighted by molar-refractivity contribution is 6.03. The van der Waals surface area contributed by atoms with Gasteiger partial charge in [0.25, 0.3) is 0 Å². The van der Waals surface area contributed by atoms with E-state index in [0.29, 0.717) is 6.61 Å². The molecule has 0 saturated carbocycles. The van der Waals surface area contributed by atoms with E-state index in [1.54, 1.807) is 0 Å². The number of ether oxygens (including phenoxy) is 1. The van der Waals surface area contributed by atoms with Gasteiger partial charge in [-0.05, 0) is 58.6 Å². The predicted octanol–water partition coefficient (Wildman–Crippen LogP) is 3.00. The van der Waals surface area contributed by atoms with Crippen molar-refractivity contribution in [2.75, 3.05) is 20.7 Å². The van der Waals surface area contributed by atoms with E-state index in [1.165, 1.54) is 0 Å². The molecule has 0 spiro atoms. The van der Waals surface area contributed by atoms with Gasteiger partial charge in [0, 0.05) is 5.56 Å². The molecule has 0 amide bonds. The van der Waals surface area contributed by atoms with Crippen molar-refractivity contribution in [1.29, 1.82) is 0 Å². The van der Waals surface area contributed by atoms with Gasteiger partial charge in [-0.3, -0.25) is 9.69 Å². The van der Waals surface area contributed by atoms with Crippen LogP contribution in [-0.4, -0.2) is 36.9 Å². The Hall–Kier alpha value is -1.35. The topological polar surface area (TPSA) is 29.5 Å². The molecule has 100 valence electrons. The van der Waals surface area contributed by atoms with Gasteiger partial charge in [-0.2, -0.15) is 0 Å². The van der Waals surface area contributed by atoms with Gasteiger partial charge in [-0.25, -0.2) is 0 Å². The lowest BCUT2D eigenvalue weighted by Gasteiger charge is -2.34. The number of likely N-dealkylation sites (N-methyl/N-ethyl adjacent to an activating group) is 1. The number of hydrogen-bond acceptors (Lipinski definition) is 3. The summed E-state index contributed by atoms with van der Waals surface area (Å²) in [7, 11) is 3.88. The van der Waals surface area contributed by atoms with Crippen molar-refractivity contribution in [2.45, 2.75) is 32.7 Å². The number of nitrogens with zero attached hydrogens (tertiary/aromatic N) is 1. The first kappa shape index (κ1) is 14.7. The lowest BCUT2D eigenvalue weighted by Crippen LogP contribution is -2.48. The number of carbonyl (C=O) groups excluding carboxylic acids is 1. The lowest BCUT2D eigenvalue weighted by atomic mass is 9.87. The zero-order valence-corrected chi connectivity index (χ0v) is 12.0. The number of Topliss-reactive ketones (excluding diaryl/α,β-unsaturated/α-hetero) is 1. The van der Waals surface area contributed by atoms with Crippen molar-refractivity contribution >= 4 is 5.78 Å². The SMILES string of the molecule is CCOc1ccc(C(=O)C(C)(CC)N(C)C)cc1. The summed E-state index contributed by atoms with van der Waals surface area (Å²) in [5.74, 6) is 0.954. The first-order valence-electron chi connectivity index (χ1n) is 6.40. The fourth-order valence-corrected chi connectivity index (χ4v) is 1.86. The Bertz CT molecular complexity index is 397. The fourth-order valence-electron chi connectivity index (χ4n) is 1.86. The molecule has 1 aromatic rings. The molecule has 0 aromatic heterocycles. The summed E-state index contributed by atoms with van der Waals surface area (Å²) >= 11 is 0. The summed E-state index contributed by atoms with van der Waals surface area (Å²) in [5, 5.41) is 0. The van der Waals surface area contributed by atoms with Crippen LogP contribution in [0.2, 0.25) is 0 Å². The van der Waals surface area contributed by atoms with Crippen molar-refractivity contribution in [2.24, 2.45) is 0 Å². The molecule has 3 nitrogen and oxygen atoms in total. The maximum atomic E-state index is 12.5. The third kappa shape index (κ3) is 2.91. The molecule has 0 fully saturated rings. The minimum Gasteiger partial charge on any atom is -0.494 e. The maximum absolute atomic E-state index is 12.5. The number of hydrogen-bond donors (Lipinski definition) is 0. The van der Waals surface area contributed by atoms with Gasteiger partial charge in [0.2, 0.25) is 0 Å². The predicted molar refractivity (Wildman–Crippen MR) is 74.3 cm³/mol. The molecule has 0 N–H and O–H groups in total. The second-order valence-electron chi connectivity index (χ2n) is 4.81. The van der Waals surface area contributed by atoms with Gasteiger partial charge >= 0.3 is 0 Å². The van der Waals surface area contributed by atoms with E-state index in [0.717, 1.165) is 17.7 Å². The molecule has 0 saturated heterocycles. The average Bonchev–Trinajstić information content (AvgIpc) is 2.38. The Balaban J connectivity index is 2.96. The van der Waals surface area contributed by atoms with E-state index in [4.69, 9.17) is 4.74 Å². The van der Waals surface area contributed by atoms with Crippen LogP contribution in [0.4, 0.5) is 0 Å². The second kappa shape index (κ2) is 6.01. The van der Waals surface area contributed by atoms with Gasteiger partial charge in [0.15, 0.2) is 5.78 Å². The van der Waals surface area contributed by atoms with Crippen molar-refractivity contribution < 1.29 is 9.53 Å². The molecule has 1 aromatic carbocycles. The molecule has 0 heterocycles. The number of carbonyl (C=O) groups is 1. The van der Waals surface area contributed by atoms with Crippen molar-refractivity contribution in [3.63, 3.8) is 0 Å². The lowest BCUT2D eigenvalue weighted by molar-refractivity contribution is 0.0710. The fraction of sp³-hybridized carbons (Fsp3) is 0.533. The molecule has 0 radical (unpaired) electrons. The third-order valence-corrected chi connectivity index (χ3v) is 3.59. The van der Waals surface area contributed by atoms with Crippen LogP contribution in [0.5, 0.6) is 5.75 Å². The highest BCUT2D eigenvalue weighted by atomic mass is 16.5. The van der Waals surface area contributed by atoms with Gasteiger partial charge in [-0.1, -0.05) is 6.92 Å². The van der Waals surface area contributed by atoms with E-state index >= 15 is 0 Å². The molecular formula is C15H23NO2. The molecule has 0 bridgehead atoms. The minimum atomic E-state index is -0.451. The normalized spacial score (nSPS) is 14.3. The number of ketones is 1. The average molecular weight is 249 g/mol. The Morgan fingerprint density at radius 2 is 1.78 bits per heavy atom. The minimum absolute atomic E-state index is 0.151. The Morgan fingerprint density at radius 1 is 1.22 bits per heavy atom. The van der Waals surface area contributed by atoms with Crippen LogP contribution in [0.3, 0.4) is 0 Å². The van der Waals surface area contributed by atoms with E-state index < -0.39 is 5.54 Å². The zero-order chi connectivity index (χ0) is 13.8. The van der Waals surface area contributed by atoms with E-state index in [1.807, 2.05) is 64.0 Å². The highest BCUT2D eigenvalue weighted by Crippen LogP contribution is 2.23. The number of benzene rings is 1. The van der Waals surface area contributed by atoms with Crippen LogP contribution in [0.15, 0.2) is 24.3 Å². The van der Waals surface area contributed by atoms with Gasteiger partial charge in [-0.15, -0.1) is 0 Å². The summed E-state index contributed by atoms with van der Waals surface area (Å²) in [6.45, 7) is 6.59. The second-order valence-corrected chi connectivity index (χ2v) is 4.81. The van der Waals surface area contributed by atoms with Gasteiger partial charge in [0.05, 0.1) is 12.1 Å². The van der Waals surface area contributed by atoms with Crippen molar-refractivity contribution in [3.05, 3.63) is 29.8 Å². The molecule has 0 aliphatic heterocycles.